The number of carbonyl (C=O) groups is 2. The summed E-state index contributed by atoms with van der Waals surface area (Å²) < 4.78 is 13.1. The zero-order valence-corrected chi connectivity index (χ0v) is 17.9. The van der Waals surface area contributed by atoms with Gasteiger partial charge in [0.25, 0.3) is 5.91 Å². The first kappa shape index (κ1) is 21.1. The van der Waals surface area contributed by atoms with Crippen LogP contribution in [0.25, 0.3) is 0 Å². The van der Waals surface area contributed by atoms with Crippen molar-refractivity contribution in [1.29, 1.82) is 0 Å². The van der Waals surface area contributed by atoms with Gasteiger partial charge in [0.1, 0.15) is 18.1 Å². The van der Waals surface area contributed by atoms with Gasteiger partial charge < -0.3 is 14.5 Å². The highest BCUT2D eigenvalue weighted by molar-refractivity contribution is 6.01. The zero-order chi connectivity index (χ0) is 22.5. The fourth-order valence-electron chi connectivity index (χ4n) is 3.18. The van der Waals surface area contributed by atoms with Gasteiger partial charge in [0, 0.05) is 17.3 Å². The van der Waals surface area contributed by atoms with E-state index in [1.165, 1.54) is 6.92 Å². The van der Waals surface area contributed by atoms with Crippen molar-refractivity contribution in [2.45, 2.75) is 27.0 Å². The maximum atomic E-state index is 12.6. The fourth-order valence-corrected chi connectivity index (χ4v) is 3.18. The van der Waals surface area contributed by atoms with Crippen LogP contribution in [0.1, 0.15) is 44.9 Å². The van der Waals surface area contributed by atoms with E-state index in [2.05, 4.69) is 10.4 Å². The van der Waals surface area contributed by atoms with Gasteiger partial charge in [-0.15, -0.1) is 0 Å². The van der Waals surface area contributed by atoms with E-state index < -0.39 is 0 Å². The molecule has 7 nitrogen and oxygen atoms in total. The summed E-state index contributed by atoms with van der Waals surface area (Å²) in [5.41, 5.74) is 2.69. The number of Topliss-reactive ketones (excluding diaryl/α,β-unsaturated/α-hetero) is 1. The molecule has 162 valence electrons. The predicted octanol–water partition coefficient (Wildman–Crippen LogP) is 4.87. The Hall–Kier alpha value is -4.13. The van der Waals surface area contributed by atoms with E-state index in [1.807, 2.05) is 48.0 Å². The Morgan fingerprint density at radius 1 is 1.03 bits per heavy atom. The molecule has 2 aromatic heterocycles. The standard InChI is InChI=1S/C25H23N3O4/c1-17-14-24(27-28(17)15-19-6-4-3-5-7-19)26-25(30)23-13-12-22(32-23)16-31-21-10-8-20(9-11-21)18(2)29/h3-14H,15-16H2,1-2H3,(H,26,27,30). The molecule has 2 heterocycles. The minimum absolute atomic E-state index is 0.00155. The quantitative estimate of drug-likeness (QED) is 0.404. The highest BCUT2D eigenvalue weighted by atomic mass is 16.5. The summed E-state index contributed by atoms with van der Waals surface area (Å²) in [5.74, 6) is 1.37. The van der Waals surface area contributed by atoms with E-state index >= 15 is 0 Å². The SMILES string of the molecule is CC(=O)c1ccc(OCc2ccc(C(=O)Nc3cc(C)n(Cc4ccccc4)n3)o2)cc1. The van der Waals surface area contributed by atoms with Crippen molar-refractivity contribution in [1.82, 2.24) is 9.78 Å². The van der Waals surface area contributed by atoms with Crippen LogP contribution < -0.4 is 10.1 Å². The van der Waals surface area contributed by atoms with E-state index in [0.29, 0.717) is 29.4 Å². The third-order valence-corrected chi connectivity index (χ3v) is 4.93. The summed E-state index contributed by atoms with van der Waals surface area (Å²) in [4.78, 5) is 23.9. The average molecular weight is 429 g/mol. The van der Waals surface area contributed by atoms with Gasteiger partial charge in [0.05, 0.1) is 6.54 Å². The molecule has 7 heteroatoms. The van der Waals surface area contributed by atoms with E-state index in [1.54, 1.807) is 36.4 Å². The molecule has 0 bridgehead atoms. The Kier molecular flexibility index (Phi) is 6.17. The molecule has 1 N–H and O–H groups in total. The number of benzene rings is 2. The fraction of sp³-hybridized carbons (Fsp3) is 0.160. The Morgan fingerprint density at radius 3 is 2.50 bits per heavy atom. The largest absolute Gasteiger partial charge is 0.486 e. The monoisotopic (exact) mass is 429 g/mol. The first-order chi connectivity index (χ1) is 15.5. The molecule has 0 unspecified atom stereocenters. The van der Waals surface area contributed by atoms with E-state index in [0.717, 1.165) is 11.3 Å². The average Bonchev–Trinajstić information content (AvgIpc) is 3.40. The topological polar surface area (TPSA) is 86.4 Å². The van der Waals surface area contributed by atoms with E-state index in [4.69, 9.17) is 9.15 Å². The summed E-state index contributed by atoms with van der Waals surface area (Å²) in [6.45, 7) is 4.24. The lowest BCUT2D eigenvalue weighted by Crippen LogP contribution is -2.12. The molecule has 4 rings (SSSR count). The summed E-state index contributed by atoms with van der Waals surface area (Å²) in [6.07, 6.45) is 0. The van der Waals surface area contributed by atoms with Crippen molar-refractivity contribution in [2.75, 3.05) is 5.32 Å². The van der Waals surface area contributed by atoms with Crippen molar-refractivity contribution in [2.24, 2.45) is 0 Å². The maximum absolute atomic E-state index is 12.6. The van der Waals surface area contributed by atoms with Crippen LogP contribution in [0.15, 0.2) is 77.2 Å². The third kappa shape index (κ3) is 5.13. The number of hydrogen-bond donors (Lipinski definition) is 1. The molecule has 0 radical (unpaired) electrons. The minimum Gasteiger partial charge on any atom is -0.486 e. The van der Waals surface area contributed by atoms with Gasteiger partial charge in [-0.2, -0.15) is 5.10 Å². The number of hydrogen-bond acceptors (Lipinski definition) is 5. The lowest BCUT2D eigenvalue weighted by molar-refractivity contribution is 0.0990. The van der Waals surface area contributed by atoms with Crippen molar-refractivity contribution in [3.8, 4) is 5.75 Å². The number of furan rings is 1. The Labute approximate surface area is 185 Å². The number of nitrogens with one attached hydrogen (secondary N) is 1. The van der Waals surface area contributed by atoms with Crippen molar-refractivity contribution in [3.05, 3.63) is 101 Å². The molecule has 0 atom stereocenters. The highest BCUT2D eigenvalue weighted by Gasteiger charge is 2.14. The molecule has 0 aliphatic carbocycles. The zero-order valence-electron chi connectivity index (χ0n) is 17.9. The van der Waals surface area contributed by atoms with Crippen LogP contribution in [-0.2, 0) is 13.2 Å². The van der Waals surface area contributed by atoms with Crippen molar-refractivity contribution in [3.63, 3.8) is 0 Å². The second-order valence-corrected chi connectivity index (χ2v) is 7.40. The molecule has 0 saturated carbocycles. The lowest BCUT2D eigenvalue weighted by Gasteiger charge is -2.05. The van der Waals surface area contributed by atoms with Crippen LogP contribution in [0.5, 0.6) is 5.75 Å². The van der Waals surface area contributed by atoms with E-state index in [-0.39, 0.29) is 24.1 Å². The van der Waals surface area contributed by atoms with Crippen LogP contribution in [0.2, 0.25) is 0 Å². The molecule has 0 fully saturated rings. The van der Waals surface area contributed by atoms with Gasteiger partial charge in [-0.1, -0.05) is 30.3 Å². The van der Waals surface area contributed by atoms with Gasteiger partial charge in [0.15, 0.2) is 17.4 Å². The van der Waals surface area contributed by atoms with Gasteiger partial charge in [-0.3, -0.25) is 14.3 Å². The molecule has 0 aliphatic heterocycles. The second-order valence-electron chi connectivity index (χ2n) is 7.40. The minimum atomic E-state index is -0.383. The second kappa shape index (κ2) is 9.34. The number of aryl methyl sites for hydroxylation is 1. The molecule has 32 heavy (non-hydrogen) atoms. The third-order valence-electron chi connectivity index (χ3n) is 4.93. The predicted molar refractivity (Wildman–Crippen MR) is 120 cm³/mol. The molecule has 0 saturated heterocycles. The van der Waals surface area contributed by atoms with Gasteiger partial charge in [-0.25, -0.2) is 0 Å². The van der Waals surface area contributed by atoms with Crippen LogP contribution in [0.3, 0.4) is 0 Å². The van der Waals surface area contributed by atoms with Crippen LogP contribution in [-0.4, -0.2) is 21.5 Å². The molecule has 0 aliphatic rings. The first-order valence-corrected chi connectivity index (χ1v) is 10.2. The summed E-state index contributed by atoms with van der Waals surface area (Å²) >= 11 is 0. The van der Waals surface area contributed by atoms with Gasteiger partial charge in [-0.05, 0) is 55.8 Å². The lowest BCUT2D eigenvalue weighted by atomic mass is 10.1. The molecule has 2 aromatic carbocycles. The number of anilines is 1. The van der Waals surface area contributed by atoms with Crippen molar-refractivity contribution < 1.29 is 18.7 Å². The number of aromatic nitrogens is 2. The Balaban J connectivity index is 1.34. The number of ether oxygens (including phenoxy) is 1. The number of carbonyl (C=O) groups excluding carboxylic acids is 2. The summed E-state index contributed by atoms with van der Waals surface area (Å²) in [6, 6.07) is 22.0. The normalized spacial score (nSPS) is 10.7. The molecule has 0 spiro atoms. The maximum Gasteiger partial charge on any atom is 0.292 e. The smallest absolute Gasteiger partial charge is 0.292 e. The highest BCUT2D eigenvalue weighted by Crippen LogP contribution is 2.17. The van der Waals surface area contributed by atoms with Crippen LogP contribution in [0, 0.1) is 6.92 Å². The molecular formula is C25H23N3O4. The van der Waals surface area contributed by atoms with Crippen LogP contribution in [0.4, 0.5) is 5.82 Å². The number of nitrogens with zero attached hydrogens (tertiary/aromatic N) is 2. The Morgan fingerprint density at radius 2 is 1.78 bits per heavy atom. The molecule has 4 aromatic rings. The first-order valence-electron chi connectivity index (χ1n) is 10.2. The number of amides is 1. The summed E-state index contributed by atoms with van der Waals surface area (Å²) in [7, 11) is 0. The van der Waals surface area contributed by atoms with E-state index in [9.17, 15) is 9.59 Å². The Bertz CT molecular complexity index is 1220. The number of ketones is 1. The number of rotatable bonds is 8. The molecular weight excluding hydrogens is 406 g/mol. The van der Waals surface area contributed by atoms with Crippen LogP contribution >= 0.6 is 0 Å². The molecule has 1 amide bonds. The van der Waals surface area contributed by atoms with Gasteiger partial charge >= 0.3 is 0 Å². The van der Waals surface area contributed by atoms with Gasteiger partial charge in [0.2, 0.25) is 0 Å². The summed E-state index contributed by atoms with van der Waals surface area (Å²) in [5, 5.41) is 7.24. The van der Waals surface area contributed by atoms with Crippen molar-refractivity contribution >= 4 is 17.5 Å².